The van der Waals surface area contributed by atoms with E-state index in [4.69, 9.17) is 5.73 Å². The summed E-state index contributed by atoms with van der Waals surface area (Å²) >= 11 is 1.33. The molecule has 0 bridgehead atoms. The number of nitrogens with two attached hydrogens (primary N) is 1. The fourth-order valence-corrected chi connectivity index (χ4v) is 6.71. The minimum Gasteiger partial charge on any atom is -0.365 e. The molecule has 2 aromatic rings. The number of primary amides is 1. The lowest BCUT2D eigenvalue weighted by Crippen LogP contribution is -2.20. The largest absolute Gasteiger partial charge is 0.365 e. The first kappa shape index (κ1) is 17.9. The van der Waals surface area contributed by atoms with Crippen LogP contribution in [-0.4, -0.2) is 14.3 Å². The van der Waals surface area contributed by atoms with E-state index >= 15 is 0 Å². The van der Waals surface area contributed by atoms with E-state index in [2.05, 4.69) is 4.72 Å². The lowest BCUT2D eigenvalue weighted by atomic mass is 10.0. The normalized spacial score (nSPS) is 13.8. The number of amides is 1. The standard InChI is InChI=1S/C18H22N2O3S2/c1-9-8-10(2)12(4)16(11(9)3)25(22,23)20-18-15(17(19)21)13-6-5-7-14(13)24-18/h8,20H,5-7H2,1-4H3,(H2,19,21). The number of carbonyl (C=O) groups is 1. The zero-order chi connectivity index (χ0) is 18.5. The summed E-state index contributed by atoms with van der Waals surface area (Å²) in [6.45, 7) is 7.41. The van der Waals surface area contributed by atoms with E-state index in [-0.39, 0.29) is 4.90 Å². The van der Waals surface area contributed by atoms with E-state index in [1.54, 1.807) is 13.8 Å². The molecule has 1 aromatic carbocycles. The molecule has 7 heteroatoms. The smallest absolute Gasteiger partial charge is 0.263 e. The second-order valence-electron chi connectivity index (χ2n) is 6.62. The molecule has 0 saturated heterocycles. The van der Waals surface area contributed by atoms with Gasteiger partial charge in [0, 0.05) is 4.88 Å². The molecule has 5 nitrogen and oxygen atoms in total. The van der Waals surface area contributed by atoms with Crippen LogP contribution in [-0.2, 0) is 22.9 Å². The summed E-state index contributed by atoms with van der Waals surface area (Å²) in [6.07, 6.45) is 2.61. The molecule has 1 aromatic heterocycles. The molecule has 0 radical (unpaired) electrons. The van der Waals surface area contributed by atoms with Crippen molar-refractivity contribution in [2.75, 3.05) is 4.72 Å². The SMILES string of the molecule is Cc1cc(C)c(C)c(S(=O)(=O)Nc2sc3c(c2C(N)=O)CCC3)c1C. The van der Waals surface area contributed by atoms with E-state index in [0.29, 0.717) is 10.6 Å². The van der Waals surface area contributed by atoms with Gasteiger partial charge in [-0.2, -0.15) is 0 Å². The van der Waals surface area contributed by atoms with Gasteiger partial charge in [0.1, 0.15) is 5.00 Å². The Labute approximate surface area is 152 Å². The molecule has 1 amide bonds. The Morgan fingerprint density at radius 3 is 2.28 bits per heavy atom. The van der Waals surface area contributed by atoms with Crippen molar-refractivity contribution in [1.29, 1.82) is 0 Å². The van der Waals surface area contributed by atoms with Gasteiger partial charge in [0.25, 0.3) is 15.9 Å². The third kappa shape index (κ3) is 2.95. The van der Waals surface area contributed by atoms with Crippen LogP contribution in [0.5, 0.6) is 0 Å². The zero-order valence-corrected chi connectivity index (χ0v) is 16.5. The van der Waals surface area contributed by atoms with Gasteiger partial charge >= 0.3 is 0 Å². The molecule has 0 atom stereocenters. The Bertz CT molecular complexity index is 962. The van der Waals surface area contributed by atoms with Crippen LogP contribution in [0.3, 0.4) is 0 Å². The number of thiophene rings is 1. The fraction of sp³-hybridized carbons (Fsp3) is 0.389. The van der Waals surface area contributed by atoms with Crippen molar-refractivity contribution in [3.05, 3.63) is 44.3 Å². The number of aryl methyl sites for hydroxylation is 3. The summed E-state index contributed by atoms with van der Waals surface area (Å²) in [5.74, 6) is -0.578. The van der Waals surface area contributed by atoms with Crippen molar-refractivity contribution in [1.82, 2.24) is 0 Å². The van der Waals surface area contributed by atoms with E-state index in [0.717, 1.165) is 52.0 Å². The highest BCUT2D eigenvalue weighted by Crippen LogP contribution is 2.40. The first-order valence-electron chi connectivity index (χ1n) is 8.18. The van der Waals surface area contributed by atoms with Crippen LogP contribution in [0, 0.1) is 27.7 Å². The van der Waals surface area contributed by atoms with Crippen LogP contribution in [0.25, 0.3) is 0 Å². The number of fused-ring (bicyclic) bond motifs is 1. The van der Waals surface area contributed by atoms with Gasteiger partial charge in [-0.15, -0.1) is 11.3 Å². The minimum absolute atomic E-state index is 0.286. The summed E-state index contributed by atoms with van der Waals surface area (Å²) < 4.78 is 28.8. The van der Waals surface area contributed by atoms with Crippen molar-refractivity contribution in [2.24, 2.45) is 5.73 Å². The number of hydrogen-bond donors (Lipinski definition) is 2. The molecule has 1 aliphatic carbocycles. The van der Waals surface area contributed by atoms with E-state index in [9.17, 15) is 13.2 Å². The molecule has 25 heavy (non-hydrogen) atoms. The second-order valence-corrected chi connectivity index (χ2v) is 9.35. The van der Waals surface area contributed by atoms with Crippen LogP contribution in [0.2, 0.25) is 0 Å². The number of rotatable bonds is 4. The van der Waals surface area contributed by atoms with Gasteiger partial charge in [-0.3, -0.25) is 9.52 Å². The molecule has 0 unspecified atom stereocenters. The van der Waals surface area contributed by atoms with Gasteiger partial charge < -0.3 is 5.73 Å². The lowest BCUT2D eigenvalue weighted by molar-refractivity contribution is 0.100. The Morgan fingerprint density at radius 1 is 1.12 bits per heavy atom. The molecular formula is C18H22N2O3S2. The average Bonchev–Trinajstić information content (AvgIpc) is 3.04. The maximum absolute atomic E-state index is 13.1. The van der Waals surface area contributed by atoms with Crippen LogP contribution in [0.1, 0.15) is 49.5 Å². The monoisotopic (exact) mass is 378 g/mol. The molecule has 0 saturated carbocycles. The number of sulfonamides is 1. The Kier molecular flexibility index (Phi) is 4.41. The zero-order valence-electron chi connectivity index (χ0n) is 14.8. The molecular weight excluding hydrogens is 356 g/mol. The van der Waals surface area contributed by atoms with Gasteiger partial charge in [-0.1, -0.05) is 6.07 Å². The number of hydrogen-bond acceptors (Lipinski definition) is 4. The van der Waals surface area contributed by atoms with Crippen LogP contribution in [0.15, 0.2) is 11.0 Å². The molecule has 0 fully saturated rings. The summed E-state index contributed by atoms with van der Waals surface area (Å²) in [5.41, 5.74) is 10.1. The number of anilines is 1. The summed E-state index contributed by atoms with van der Waals surface area (Å²) in [4.78, 5) is 13.2. The van der Waals surface area contributed by atoms with Crippen LogP contribution >= 0.6 is 11.3 Å². The van der Waals surface area contributed by atoms with Gasteiger partial charge in [-0.25, -0.2) is 8.42 Å². The van der Waals surface area contributed by atoms with Gasteiger partial charge in [0.2, 0.25) is 0 Å². The number of nitrogens with one attached hydrogen (secondary N) is 1. The van der Waals surface area contributed by atoms with Crippen molar-refractivity contribution < 1.29 is 13.2 Å². The maximum atomic E-state index is 13.1. The predicted molar refractivity (Wildman–Crippen MR) is 101 cm³/mol. The Balaban J connectivity index is 2.12. The minimum atomic E-state index is -3.81. The van der Waals surface area contributed by atoms with Crippen molar-refractivity contribution in [3.63, 3.8) is 0 Å². The summed E-state index contributed by atoms with van der Waals surface area (Å²) in [7, 11) is -3.81. The summed E-state index contributed by atoms with van der Waals surface area (Å²) in [6, 6.07) is 1.98. The van der Waals surface area contributed by atoms with Gasteiger partial charge in [0.05, 0.1) is 10.5 Å². The second kappa shape index (κ2) is 6.14. The molecule has 0 aliphatic heterocycles. The van der Waals surface area contributed by atoms with Crippen molar-refractivity contribution in [3.8, 4) is 0 Å². The van der Waals surface area contributed by atoms with E-state index < -0.39 is 15.9 Å². The first-order chi connectivity index (χ1) is 11.6. The summed E-state index contributed by atoms with van der Waals surface area (Å²) in [5, 5.41) is 0.343. The number of benzene rings is 1. The van der Waals surface area contributed by atoms with Crippen LogP contribution in [0.4, 0.5) is 5.00 Å². The Hall–Kier alpha value is -1.86. The van der Waals surface area contributed by atoms with Crippen molar-refractivity contribution in [2.45, 2.75) is 51.9 Å². The van der Waals surface area contributed by atoms with Gasteiger partial charge in [0.15, 0.2) is 0 Å². The first-order valence-corrected chi connectivity index (χ1v) is 10.5. The lowest BCUT2D eigenvalue weighted by Gasteiger charge is -2.16. The number of carbonyl (C=O) groups excluding carboxylic acids is 1. The Morgan fingerprint density at radius 2 is 1.72 bits per heavy atom. The van der Waals surface area contributed by atoms with Gasteiger partial charge in [-0.05, 0) is 74.8 Å². The molecule has 0 spiro atoms. The highest BCUT2D eigenvalue weighted by atomic mass is 32.2. The topological polar surface area (TPSA) is 89.3 Å². The fourth-order valence-electron chi connectivity index (χ4n) is 3.49. The average molecular weight is 379 g/mol. The van der Waals surface area contributed by atoms with E-state index in [1.165, 1.54) is 11.3 Å². The van der Waals surface area contributed by atoms with Crippen LogP contribution < -0.4 is 10.5 Å². The molecule has 1 heterocycles. The molecule has 1 aliphatic rings. The molecule has 134 valence electrons. The third-order valence-electron chi connectivity index (χ3n) is 4.96. The van der Waals surface area contributed by atoms with Crippen molar-refractivity contribution >= 4 is 32.3 Å². The third-order valence-corrected chi connectivity index (χ3v) is 7.92. The predicted octanol–water partition coefficient (Wildman–Crippen LogP) is 3.37. The highest BCUT2D eigenvalue weighted by Gasteiger charge is 2.29. The molecule has 3 N–H and O–H groups in total. The van der Waals surface area contributed by atoms with E-state index in [1.807, 2.05) is 19.9 Å². The maximum Gasteiger partial charge on any atom is 0.263 e. The molecule has 3 rings (SSSR count). The quantitative estimate of drug-likeness (QED) is 0.855. The highest BCUT2D eigenvalue weighted by molar-refractivity contribution is 7.93.